The van der Waals surface area contributed by atoms with Gasteiger partial charge in [-0.25, -0.2) is 5.48 Å². The normalized spacial score (nSPS) is 14.0. The second kappa shape index (κ2) is 9.36. The number of hydrogen-bond acceptors (Lipinski definition) is 6. The third-order valence-electron chi connectivity index (χ3n) is 4.52. The molecule has 1 amide bonds. The van der Waals surface area contributed by atoms with Gasteiger partial charge in [0, 0.05) is 10.0 Å². The van der Waals surface area contributed by atoms with Gasteiger partial charge in [-0.3, -0.25) is 14.8 Å². The number of hydrogen-bond donors (Lipinski definition) is 2. The summed E-state index contributed by atoms with van der Waals surface area (Å²) in [6, 6.07) is 8.58. The summed E-state index contributed by atoms with van der Waals surface area (Å²) in [5, 5.41) is 8.60. The first-order valence-electron chi connectivity index (χ1n) is 9.41. The number of fused-ring (bicyclic) bond motifs is 1. The third kappa shape index (κ3) is 5.34. The summed E-state index contributed by atoms with van der Waals surface area (Å²) in [7, 11) is 1.47. The number of ether oxygens (including phenoxy) is 3. The second-order valence-electron chi connectivity index (χ2n) is 7.31. The molecule has 0 fully saturated rings. The highest BCUT2D eigenvalue weighted by atomic mass is 79.9. The van der Waals surface area contributed by atoms with E-state index >= 15 is 0 Å². The maximum Gasteiger partial charge on any atom is 0.281 e. The van der Waals surface area contributed by atoms with E-state index < -0.39 is 11.5 Å². The van der Waals surface area contributed by atoms with Crippen LogP contribution in [0.3, 0.4) is 0 Å². The van der Waals surface area contributed by atoms with Crippen molar-refractivity contribution in [3.63, 3.8) is 0 Å². The molecule has 3 rings (SSSR count). The predicted octanol–water partition coefficient (Wildman–Crippen LogP) is 4.42. The Labute approximate surface area is 188 Å². The van der Waals surface area contributed by atoms with Crippen LogP contribution in [0.2, 0.25) is 0 Å². The zero-order valence-corrected chi connectivity index (χ0v) is 18.9. The van der Waals surface area contributed by atoms with Crippen LogP contribution in [0.25, 0.3) is 12.2 Å². The van der Waals surface area contributed by atoms with Crippen molar-refractivity contribution >= 4 is 39.8 Å². The number of nitrogens with one attached hydrogen (secondary N) is 1. The molecule has 7 nitrogen and oxygen atoms in total. The highest BCUT2D eigenvalue weighted by molar-refractivity contribution is 9.10. The fraction of sp³-hybridized carbons (Fsp3) is 0.217. The molecule has 0 aromatic heterocycles. The van der Waals surface area contributed by atoms with E-state index in [0.717, 1.165) is 10.0 Å². The molecule has 0 aliphatic carbocycles. The van der Waals surface area contributed by atoms with E-state index in [2.05, 4.69) is 15.9 Å². The first-order valence-corrected chi connectivity index (χ1v) is 10.2. The first-order chi connectivity index (χ1) is 14.7. The van der Waals surface area contributed by atoms with Crippen LogP contribution in [0, 0.1) is 0 Å². The van der Waals surface area contributed by atoms with Crippen LogP contribution < -0.4 is 19.7 Å². The number of methoxy groups -OCH3 is 1. The Morgan fingerprint density at radius 3 is 2.71 bits per heavy atom. The van der Waals surface area contributed by atoms with Crippen LogP contribution >= 0.6 is 15.9 Å². The Morgan fingerprint density at radius 2 is 2.00 bits per heavy atom. The SMILES string of the molecule is COc1ccc(/C=C/C(=O)c2ccc(Br)c3c2OC(C)(C)C=C3)cc1OCC(=O)NO. The van der Waals surface area contributed by atoms with Gasteiger partial charge in [0.2, 0.25) is 0 Å². The highest BCUT2D eigenvalue weighted by Gasteiger charge is 2.26. The van der Waals surface area contributed by atoms with E-state index in [1.54, 1.807) is 30.3 Å². The van der Waals surface area contributed by atoms with Gasteiger partial charge in [-0.05, 0) is 55.8 Å². The summed E-state index contributed by atoms with van der Waals surface area (Å²) >= 11 is 3.50. The van der Waals surface area contributed by atoms with Crippen LogP contribution in [-0.4, -0.2) is 36.2 Å². The van der Waals surface area contributed by atoms with Gasteiger partial charge in [-0.2, -0.15) is 0 Å². The molecule has 0 bridgehead atoms. The molecule has 1 heterocycles. The molecule has 162 valence electrons. The predicted molar refractivity (Wildman–Crippen MR) is 120 cm³/mol. The Hall–Kier alpha value is -3.10. The monoisotopic (exact) mass is 487 g/mol. The smallest absolute Gasteiger partial charge is 0.281 e. The quantitative estimate of drug-likeness (QED) is 0.259. The van der Waals surface area contributed by atoms with Crippen molar-refractivity contribution in [2.75, 3.05) is 13.7 Å². The summed E-state index contributed by atoms with van der Waals surface area (Å²) in [5.74, 6) is 0.337. The molecule has 31 heavy (non-hydrogen) atoms. The molecule has 1 aliphatic rings. The number of halogens is 1. The molecule has 2 aromatic carbocycles. The van der Waals surface area contributed by atoms with Crippen molar-refractivity contribution in [3.05, 3.63) is 63.6 Å². The standard InChI is InChI=1S/C23H22BrNO6/c1-23(2)11-10-15-17(24)7-6-16(22(15)31-23)18(26)8-4-14-5-9-19(29-3)20(12-14)30-13-21(27)25-28/h4-12,28H,13H2,1-3H3,(H,25,27)/b8-4+. The molecular weight excluding hydrogens is 466 g/mol. The fourth-order valence-electron chi connectivity index (χ4n) is 2.96. The van der Waals surface area contributed by atoms with Gasteiger partial charge in [0.05, 0.1) is 12.7 Å². The Kier molecular flexibility index (Phi) is 6.82. The minimum atomic E-state index is -0.699. The lowest BCUT2D eigenvalue weighted by atomic mass is 9.98. The van der Waals surface area contributed by atoms with Crippen molar-refractivity contribution in [3.8, 4) is 17.2 Å². The van der Waals surface area contributed by atoms with E-state index in [4.69, 9.17) is 19.4 Å². The number of carbonyl (C=O) groups is 2. The second-order valence-corrected chi connectivity index (χ2v) is 8.16. The maximum absolute atomic E-state index is 12.9. The minimum Gasteiger partial charge on any atom is -0.493 e. The van der Waals surface area contributed by atoms with Gasteiger partial charge in [0.25, 0.3) is 5.91 Å². The topological polar surface area (TPSA) is 94.1 Å². The fourth-order valence-corrected chi connectivity index (χ4v) is 3.41. The largest absolute Gasteiger partial charge is 0.493 e. The zero-order valence-electron chi connectivity index (χ0n) is 17.3. The minimum absolute atomic E-state index is 0.215. The lowest BCUT2D eigenvalue weighted by Crippen LogP contribution is -2.28. The Balaban J connectivity index is 1.85. The number of hydroxylamine groups is 1. The van der Waals surface area contributed by atoms with Crippen LogP contribution in [-0.2, 0) is 4.79 Å². The highest BCUT2D eigenvalue weighted by Crippen LogP contribution is 2.38. The van der Waals surface area contributed by atoms with E-state index in [1.807, 2.05) is 32.1 Å². The number of ketones is 1. The van der Waals surface area contributed by atoms with Crippen molar-refractivity contribution in [1.29, 1.82) is 0 Å². The Morgan fingerprint density at radius 1 is 1.23 bits per heavy atom. The molecule has 8 heteroatoms. The molecule has 0 atom stereocenters. The van der Waals surface area contributed by atoms with Gasteiger partial charge in [-0.1, -0.05) is 34.1 Å². The van der Waals surface area contributed by atoms with Gasteiger partial charge >= 0.3 is 0 Å². The lowest BCUT2D eigenvalue weighted by molar-refractivity contribution is -0.131. The average molecular weight is 488 g/mol. The van der Waals surface area contributed by atoms with Crippen LogP contribution in [0.1, 0.15) is 35.3 Å². The number of rotatable bonds is 7. The van der Waals surface area contributed by atoms with E-state index in [-0.39, 0.29) is 12.4 Å². The first kappa shape index (κ1) is 22.6. The lowest BCUT2D eigenvalue weighted by Gasteiger charge is -2.29. The van der Waals surface area contributed by atoms with Crippen LogP contribution in [0.5, 0.6) is 17.2 Å². The van der Waals surface area contributed by atoms with Gasteiger partial charge in [-0.15, -0.1) is 0 Å². The average Bonchev–Trinajstić information content (AvgIpc) is 2.75. The van der Waals surface area contributed by atoms with Crippen molar-refractivity contribution in [1.82, 2.24) is 5.48 Å². The van der Waals surface area contributed by atoms with Crippen molar-refractivity contribution < 1.29 is 29.0 Å². The molecule has 0 saturated carbocycles. The van der Waals surface area contributed by atoms with E-state index in [0.29, 0.717) is 28.4 Å². The Bertz CT molecular complexity index is 1070. The molecule has 0 spiro atoms. The number of benzene rings is 2. The molecule has 1 aliphatic heterocycles. The number of amides is 1. The van der Waals surface area contributed by atoms with E-state index in [9.17, 15) is 9.59 Å². The third-order valence-corrected chi connectivity index (χ3v) is 5.21. The summed E-state index contributed by atoms with van der Waals surface area (Å²) in [4.78, 5) is 24.2. The summed E-state index contributed by atoms with van der Waals surface area (Å²) in [5.41, 5.74) is 2.92. The molecule has 0 radical (unpaired) electrons. The van der Waals surface area contributed by atoms with E-state index in [1.165, 1.54) is 18.7 Å². The number of allylic oxidation sites excluding steroid dienone is 1. The molecule has 0 saturated heterocycles. The van der Waals surface area contributed by atoms with Gasteiger partial charge < -0.3 is 14.2 Å². The van der Waals surface area contributed by atoms with Crippen molar-refractivity contribution in [2.45, 2.75) is 19.4 Å². The molecule has 0 unspecified atom stereocenters. The molecular formula is C23H22BrNO6. The van der Waals surface area contributed by atoms with Gasteiger partial charge in [0.15, 0.2) is 23.9 Å². The molecule has 2 aromatic rings. The van der Waals surface area contributed by atoms with Gasteiger partial charge in [0.1, 0.15) is 11.4 Å². The zero-order chi connectivity index (χ0) is 22.6. The summed E-state index contributed by atoms with van der Waals surface area (Å²) in [6.07, 6.45) is 6.97. The van der Waals surface area contributed by atoms with Crippen LogP contribution in [0.4, 0.5) is 0 Å². The van der Waals surface area contributed by atoms with Crippen molar-refractivity contribution in [2.24, 2.45) is 0 Å². The van der Waals surface area contributed by atoms with Crippen LogP contribution in [0.15, 0.2) is 47.0 Å². The summed E-state index contributed by atoms with van der Waals surface area (Å²) in [6.45, 7) is 3.46. The summed E-state index contributed by atoms with van der Waals surface area (Å²) < 4.78 is 17.5. The maximum atomic E-state index is 12.9. The number of carbonyl (C=O) groups excluding carboxylic acids is 2. The molecule has 2 N–H and O–H groups in total.